The van der Waals surface area contributed by atoms with E-state index >= 15 is 0 Å². The van der Waals surface area contributed by atoms with E-state index in [0.717, 1.165) is 0 Å². The number of allylic oxidation sites excluding steroid dienone is 1. The molecule has 0 N–H and O–H groups in total. The molecule has 1 atom stereocenters. The lowest BCUT2D eigenvalue weighted by atomic mass is 10.3. The van der Waals surface area contributed by atoms with Crippen LogP contribution in [0.3, 0.4) is 0 Å². The van der Waals surface area contributed by atoms with Gasteiger partial charge in [-0.3, -0.25) is 4.79 Å². The second kappa shape index (κ2) is 7.97. The minimum Gasteiger partial charge on any atom is -0.438 e. The molecule has 0 aliphatic rings. The summed E-state index contributed by atoms with van der Waals surface area (Å²) in [6.07, 6.45) is 2.36. The summed E-state index contributed by atoms with van der Waals surface area (Å²) in [5.74, 6) is -0.277. The second-order valence-corrected chi connectivity index (χ2v) is 2.90. The van der Waals surface area contributed by atoms with E-state index in [1.807, 2.05) is 0 Å². The molecular formula is C8H16O4Si. The normalized spacial score (nSPS) is 12.4. The summed E-state index contributed by atoms with van der Waals surface area (Å²) in [5, 5.41) is 0. The number of ether oxygens (including phenoxy) is 2. The summed E-state index contributed by atoms with van der Waals surface area (Å²) in [6.45, 7) is 5.21. The molecule has 0 aromatic carbocycles. The third-order valence-corrected chi connectivity index (χ3v) is 2.07. The van der Waals surface area contributed by atoms with Gasteiger partial charge in [0.2, 0.25) is 0 Å². The minimum absolute atomic E-state index is 0.0423. The Kier molecular flexibility index (Phi) is 7.57. The van der Waals surface area contributed by atoms with E-state index in [0.29, 0.717) is 23.3 Å². The van der Waals surface area contributed by atoms with Gasteiger partial charge >= 0.3 is 5.97 Å². The van der Waals surface area contributed by atoms with Crippen LogP contribution in [0, 0.1) is 0 Å². The smallest absolute Gasteiger partial charge is 0.308 e. The highest BCUT2D eigenvalue weighted by atomic mass is 28.2. The van der Waals surface area contributed by atoms with Gasteiger partial charge in [0.05, 0.1) is 0 Å². The maximum Gasteiger partial charge on any atom is 0.308 e. The number of hydrogen-bond acceptors (Lipinski definition) is 4. The maximum absolute atomic E-state index is 10.9. The second-order valence-electron chi connectivity index (χ2n) is 2.43. The Morgan fingerprint density at radius 1 is 1.69 bits per heavy atom. The Balaban J connectivity index is 3.31. The van der Waals surface area contributed by atoms with Crippen LogP contribution < -0.4 is 0 Å². The van der Waals surface area contributed by atoms with Crippen molar-refractivity contribution in [1.29, 1.82) is 0 Å². The average Bonchev–Trinajstić information content (AvgIpc) is 2.14. The van der Waals surface area contributed by atoms with Gasteiger partial charge < -0.3 is 13.9 Å². The molecule has 0 aromatic rings. The van der Waals surface area contributed by atoms with Crippen molar-refractivity contribution in [2.24, 2.45) is 0 Å². The first-order chi connectivity index (χ1) is 6.20. The number of esters is 1. The van der Waals surface area contributed by atoms with Crippen molar-refractivity contribution in [3.05, 3.63) is 12.7 Å². The quantitative estimate of drug-likeness (QED) is 0.256. The van der Waals surface area contributed by atoms with Gasteiger partial charge in [-0.25, -0.2) is 0 Å². The fourth-order valence-electron chi connectivity index (χ4n) is 0.556. The summed E-state index contributed by atoms with van der Waals surface area (Å²) in [7, 11) is 0.609. The van der Waals surface area contributed by atoms with Gasteiger partial charge in [0, 0.05) is 6.42 Å². The Bertz CT molecular complexity index is 160. The van der Waals surface area contributed by atoms with Crippen LogP contribution in [0.1, 0.15) is 19.8 Å². The molecule has 5 heteroatoms. The van der Waals surface area contributed by atoms with Crippen LogP contribution in [0.25, 0.3) is 0 Å². The molecule has 0 saturated carbocycles. The zero-order chi connectivity index (χ0) is 10.1. The van der Waals surface area contributed by atoms with Crippen molar-refractivity contribution in [2.45, 2.75) is 26.1 Å². The van der Waals surface area contributed by atoms with Crippen molar-refractivity contribution in [2.75, 3.05) is 6.79 Å². The van der Waals surface area contributed by atoms with Gasteiger partial charge in [0.25, 0.3) is 0 Å². The molecule has 0 rings (SSSR count). The highest BCUT2D eigenvalue weighted by Gasteiger charge is 2.02. The lowest BCUT2D eigenvalue weighted by molar-refractivity contribution is -0.174. The Morgan fingerprint density at radius 2 is 2.38 bits per heavy atom. The van der Waals surface area contributed by atoms with Crippen molar-refractivity contribution in [3.63, 3.8) is 0 Å². The van der Waals surface area contributed by atoms with Gasteiger partial charge in [-0.05, 0) is 13.3 Å². The van der Waals surface area contributed by atoms with Crippen LogP contribution in [-0.4, -0.2) is 29.5 Å². The molecule has 0 amide bonds. The standard InChI is InChI=1S/C8H16O4Si/c1-3-4-5-8(9)11-6-10-7(2)12-13/h3,7H,1,4-6H2,2,13H3. The number of carbonyl (C=O) groups is 1. The molecule has 0 radical (unpaired) electrons. The molecule has 1 unspecified atom stereocenters. The van der Waals surface area contributed by atoms with Crippen molar-refractivity contribution >= 4 is 16.5 Å². The number of rotatable bonds is 7. The van der Waals surface area contributed by atoms with Crippen molar-refractivity contribution in [1.82, 2.24) is 0 Å². The molecule has 13 heavy (non-hydrogen) atoms. The molecule has 0 aliphatic heterocycles. The maximum atomic E-state index is 10.9. The van der Waals surface area contributed by atoms with E-state index in [1.54, 1.807) is 13.0 Å². The topological polar surface area (TPSA) is 44.8 Å². The molecule has 0 aliphatic carbocycles. The largest absolute Gasteiger partial charge is 0.438 e. The van der Waals surface area contributed by atoms with Crippen LogP contribution in [0.5, 0.6) is 0 Å². The van der Waals surface area contributed by atoms with Crippen molar-refractivity contribution < 1.29 is 18.7 Å². The van der Waals surface area contributed by atoms with Crippen LogP contribution in [-0.2, 0) is 18.7 Å². The predicted molar refractivity (Wildman–Crippen MR) is 52.0 cm³/mol. The fraction of sp³-hybridized carbons (Fsp3) is 0.625. The van der Waals surface area contributed by atoms with Crippen LogP contribution in [0.2, 0.25) is 0 Å². The van der Waals surface area contributed by atoms with Gasteiger partial charge in [-0.1, -0.05) is 6.08 Å². The zero-order valence-corrected chi connectivity index (χ0v) is 10.1. The molecular weight excluding hydrogens is 188 g/mol. The monoisotopic (exact) mass is 204 g/mol. The molecule has 0 heterocycles. The number of carbonyl (C=O) groups excluding carboxylic acids is 1. The van der Waals surface area contributed by atoms with Crippen LogP contribution in [0.4, 0.5) is 0 Å². The average molecular weight is 204 g/mol. The third kappa shape index (κ3) is 7.70. The van der Waals surface area contributed by atoms with Crippen molar-refractivity contribution in [3.8, 4) is 0 Å². The third-order valence-electron chi connectivity index (χ3n) is 1.41. The molecule has 0 saturated heterocycles. The first-order valence-electron chi connectivity index (χ1n) is 4.11. The Labute approximate surface area is 81.4 Å². The van der Waals surface area contributed by atoms with E-state index in [9.17, 15) is 4.79 Å². The lowest BCUT2D eigenvalue weighted by Gasteiger charge is -2.11. The Morgan fingerprint density at radius 3 is 2.92 bits per heavy atom. The predicted octanol–water partition coefficient (Wildman–Crippen LogP) is 0.113. The molecule has 0 fully saturated rings. The zero-order valence-electron chi connectivity index (χ0n) is 8.12. The summed E-state index contributed by atoms with van der Waals surface area (Å²) in [6, 6.07) is 0. The van der Waals surface area contributed by atoms with E-state index in [2.05, 4.69) is 6.58 Å². The van der Waals surface area contributed by atoms with Gasteiger partial charge in [0.1, 0.15) is 16.8 Å². The number of hydrogen-bond donors (Lipinski definition) is 0. The first kappa shape index (κ1) is 12.3. The lowest BCUT2D eigenvalue weighted by Crippen LogP contribution is -2.16. The molecule has 0 bridgehead atoms. The summed E-state index contributed by atoms with van der Waals surface area (Å²) in [5.41, 5.74) is 0. The van der Waals surface area contributed by atoms with E-state index in [1.165, 1.54) is 0 Å². The van der Waals surface area contributed by atoms with Gasteiger partial charge in [-0.15, -0.1) is 6.58 Å². The molecule has 0 spiro atoms. The molecule has 76 valence electrons. The SMILES string of the molecule is C=CCCC(=O)OCOC(C)O[SiH3]. The first-order valence-corrected chi connectivity index (χ1v) is 4.93. The van der Waals surface area contributed by atoms with Gasteiger partial charge in [-0.2, -0.15) is 0 Å². The highest BCUT2D eigenvalue weighted by Crippen LogP contribution is 1.95. The molecule has 4 nitrogen and oxygen atoms in total. The van der Waals surface area contributed by atoms with Crippen LogP contribution in [0.15, 0.2) is 12.7 Å². The Hall–Kier alpha value is -0.653. The highest BCUT2D eigenvalue weighted by molar-refractivity contribution is 5.98. The van der Waals surface area contributed by atoms with E-state index in [4.69, 9.17) is 13.9 Å². The van der Waals surface area contributed by atoms with E-state index in [-0.39, 0.29) is 19.1 Å². The summed E-state index contributed by atoms with van der Waals surface area (Å²) in [4.78, 5) is 10.9. The van der Waals surface area contributed by atoms with E-state index < -0.39 is 0 Å². The molecule has 0 aromatic heterocycles. The van der Waals surface area contributed by atoms with Crippen LogP contribution >= 0.6 is 0 Å². The summed E-state index contributed by atoms with van der Waals surface area (Å²) >= 11 is 0. The van der Waals surface area contributed by atoms with Gasteiger partial charge in [0.15, 0.2) is 6.79 Å². The minimum atomic E-state index is -0.293. The fourth-order valence-corrected chi connectivity index (χ4v) is 0.692. The summed E-state index contributed by atoms with van der Waals surface area (Å²) < 4.78 is 14.7.